The number of amides is 3. The maximum atomic E-state index is 11.7. The lowest BCUT2D eigenvalue weighted by Crippen LogP contribution is -2.42. The number of likely N-dealkylation sites (tertiary alicyclic amines) is 1. The number of rotatable bonds is 3. The molecule has 8 heteroatoms. The topological polar surface area (TPSA) is 98.7 Å². The molecular weight excluding hydrogens is 270 g/mol. The lowest BCUT2D eigenvalue weighted by Gasteiger charge is -2.12. The van der Waals surface area contributed by atoms with Gasteiger partial charge in [0, 0.05) is 13.6 Å². The first-order chi connectivity index (χ1) is 8.99. The SMILES string of the molecule is CN1CCC(NC(=O)Nc2sccc2C(=O)O)C1=O. The zero-order chi connectivity index (χ0) is 14.0. The fraction of sp³-hybridized carbons (Fsp3) is 0.364. The van der Waals surface area contributed by atoms with Crippen molar-refractivity contribution in [3.63, 3.8) is 0 Å². The highest BCUT2D eigenvalue weighted by Crippen LogP contribution is 2.23. The maximum Gasteiger partial charge on any atom is 0.338 e. The van der Waals surface area contributed by atoms with Crippen LogP contribution in [0.1, 0.15) is 16.8 Å². The van der Waals surface area contributed by atoms with Crippen LogP contribution < -0.4 is 10.6 Å². The van der Waals surface area contributed by atoms with Gasteiger partial charge in [-0.05, 0) is 17.9 Å². The number of hydrogen-bond acceptors (Lipinski definition) is 4. The van der Waals surface area contributed by atoms with Gasteiger partial charge >= 0.3 is 12.0 Å². The third kappa shape index (κ3) is 2.84. The Kier molecular flexibility index (Phi) is 3.70. The summed E-state index contributed by atoms with van der Waals surface area (Å²) in [6, 6.07) is 0.300. The molecule has 1 aliphatic rings. The van der Waals surface area contributed by atoms with E-state index in [4.69, 9.17) is 5.11 Å². The van der Waals surface area contributed by atoms with Gasteiger partial charge in [0.1, 0.15) is 11.0 Å². The minimum Gasteiger partial charge on any atom is -0.478 e. The summed E-state index contributed by atoms with van der Waals surface area (Å²) in [5, 5.41) is 15.7. The van der Waals surface area contributed by atoms with Crippen LogP contribution in [0.3, 0.4) is 0 Å². The molecule has 2 rings (SSSR count). The number of nitrogens with one attached hydrogen (secondary N) is 2. The van der Waals surface area contributed by atoms with E-state index >= 15 is 0 Å². The van der Waals surface area contributed by atoms with Crippen LogP contribution in [0.2, 0.25) is 0 Å². The van der Waals surface area contributed by atoms with Crippen LogP contribution in [0.4, 0.5) is 9.80 Å². The van der Waals surface area contributed by atoms with Gasteiger partial charge in [0.05, 0.1) is 5.56 Å². The number of hydrogen-bond donors (Lipinski definition) is 3. The van der Waals surface area contributed by atoms with Crippen molar-refractivity contribution in [2.24, 2.45) is 0 Å². The summed E-state index contributed by atoms with van der Waals surface area (Å²) in [6.45, 7) is 0.600. The molecular formula is C11H13N3O4S. The van der Waals surface area contributed by atoms with Crippen molar-refractivity contribution in [1.82, 2.24) is 10.2 Å². The summed E-state index contributed by atoms with van der Waals surface area (Å²) < 4.78 is 0. The number of anilines is 1. The molecule has 1 aromatic heterocycles. The van der Waals surface area contributed by atoms with Gasteiger partial charge in [0.15, 0.2) is 0 Å². The molecule has 3 amide bonds. The Balaban J connectivity index is 1.96. The molecule has 1 aromatic rings. The Morgan fingerprint density at radius 3 is 2.84 bits per heavy atom. The minimum absolute atomic E-state index is 0.0371. The number of aromatic carboxylic acids is 1. The van der Waals surface area contributed by atoms with E-state index in [2.05, 4.69) is 10.6 Å². The van der Waals surface area contributed by atoms with Gasteiger partial charge < -0.3 is 15.3 Å². The molecule has 0 aliphatic carbocycles. The van der Waals surface area contributed by atoms with E-state index < -0.39 is 18.0 Å². The number of carbonyl (C=O) groups excluding carboxylic acids is 2. The largest absolute Gasteiger partial charge is 0.478 e. The van der Waals surface area contributed by atoms with E-state index in [0.29, 0.717) is 13.0 Å². The number of carboxylic acids is 1. The zero-order valence-corrected chi connectivity index (χ0v) is 11.0. The van der Waals surface area contributed by atoms with Crippen LogP contribution in [0.15, 0.2) is 11.4 Å². The summed E-state index contributed by atoms with van der Waals surface area (Å²) in [7, 11) is 1.67. The number of nitrogens with zero attached hydrogens (tertiary/aromatic N) is 1. The summed E-state index contributed by atoms with van der Waals surface area (Å²) in [5.41, 5.74) is 0.0371. The van der Waals surface area contributed by atoms with Crippen molar-refractivity contribution in [2.75, 3.05) is 18.9 Å². The molecule has 0 saturated carbocycles. The van der Waals surface area contributed by atoms with Gasteiger partial charge in [0.25, 0.3) is 0 Å². The molecule has 102 valence electrons. The fourth-order valence-electron chi connectivity index (χ4n) is 1.83. The average Bonchev–Trinajstić information content (AvgIpc) is 2.91. The van der Waals surface area contributed by atoms with Crippen molar-refractivity contribution in [1.29, 1.82) is 0 Å². The van der Waals surface area contributed by atoms with Gasteiger partial charge in [-0.3, -0.25) is 10.1 Å². The minimum atomic E-state index is -1.10. The number of carboxylic acid groups (broad SMARTS) is 1. The van der Waals surface area contributed by atoms with E-state index in [0.717, 1.165) is 11.3 Å². The van der Waals surface area contributed by atoms with Gasteiger partial charge in [-0.2, -0.15) is 0 Å². The molecule has 1 aliphatic heterocycles. The number of urea groups is 1. The third-order valence-corrected chi connectivity index (χ3v) is 3.69. The van der Waals surface area contributed by atoms with Crippen molar-refractivity contribution in [2.45, 2.75) is 12.5 Å². The van der Waals surface area contributed by atoms with E-state index in [1.807, 2.05) is 0 Å². The monoisotopic (exact) mass is 283 g/mol. The molecule has 1 fully saturated rings. The molecule has 19 heavy (non-hydrogen) atoms. The zero-order valence-electron chi connectivity index (χ0n) is 10.2. The number of carbonyl (C=O) groups is 3. The second-order valence-electron chi connectivity index (χ2n) is 4.17. The molecule has 1 atom stereocenters. The van der Waals surface area contributed by atoms with Crippen molar-refractivity contribution < 1.29 is 19.5 Å². The van der Waals surface area contributed by atoms with Crippen molar-refractivity contribution in [3.05, 3.63) is 17.0 Å². The van der Waals surface area contributed by atoms with E-state index in [-0.39, 0.29) is 16.5 Å². The predicted octanol–water partition coefficient (Wildman–Crippen LogP) is 0.799. The van der Waals surface area contributed by atoms with Gasteiger partial charge in [-0.25, -0.2) is 9.59 Å². The van der Waals surface area contributed by atoms with Crippen LogP contribution >= 0.6 is 11.3 Å². The highest BCUT2D eigenvalue weighted by molar-refractivity contribution is 7.14. The molecule has 0 bridgehead atoms. The molecule has 1 saturated heterocycles. The van der Waals surface area contributed by atoms with Gasteiger partial charge in [-0.15, -0.1) is 11.3 Å². The molecule has 7 nitrogen and oxygen atoms in total. The smallest absolute Gasteiger partial charge is 0.338 e. The lowest BCUT2D eigenvalue weighted by atomic mass is 10.2. The molecule has 3 N–H and O–H groups in total. The Morgan fingerprint density at radius 1 is 1.53 bits per heavy atom. The van der Waals surface area contributed by atoms with Crippen LogP contribution in [0.25, 0.3) is 0 Å². The summed E-state index contributed by atoms with van der Waals surface area (Å²) in [4.78, 5) is 35.7. The Hall–Kier alpha value is -2.09. The maximum absolute atomic E-state index is 11.7. The Bertz CT molecular complexity index is 528. The third-order valence-electron chi connectivity index (χ3n) is 2.86. The highest BCUT2D eigenvalue weighted by atomic mass is 32.1. The lowest BCUT2D eigenvalue weighted by molar-refractivity contribution is -0.128. The van der Waals surface area contributed by atoms with Crippen LogP contribution in [0, 0.1) is 0 Å². The molecule has 1 unspecified atom stereocenters. The van der Waals surface area contributed by atoms with Crippen molar-refractivity contribution in [3.8, 4) is 0 Å². The predicted molar refractivity (Wildman–Crippen MR) is 69.5 cm³/mol. The van der Waals surface area contributed by atoms with E-state index in [9.17, 15) is 14.4 Å². The van der Waals surface area contributed by atoms with Crippen LogP contribution in [-0.2, 0) is 4.79 Å². The van der Waals surface area contributed by atoms with E-state index in [1.54, 1.807) is 17.3 Å². The quantitative estimate of drug-likeness (QED) is 0.764. The summed E-state index contributed by atoms with van der Waals surface area (Å²) in [6.07, 6.45) is 0.555. The second-order valence-corrected chi connectivity index (χ2v) is 5.08. The molecule has 0 radical (unpaired) electrons. The van der Waals surface area contributed by atoms with Crippen LogP contribution in [0.5, 0.6) is 0 Å². The summed E-state index contributed by atoms with van der Waals surface area (Å²) in [5.74, 6) is -1.24. The average molecular weight is 283 g/mol. The van der Waals surface area contributed by atoms with Crippen LogP contribution in [-0.4, -0.2) is 47.5 Å². The van der Waals surface area contributed by atoms with Crippen molar-refractivity contribution >= 4 is 34.2 Å². The summed E-state index contributed by atoms with van der Waals surface area (Å²) >= 11 is 1.12. The first kappa shape index (κ1) is 13.3. The molecule has 2 heterocycles. The first-order valence-corrected chi connectivity index (χ1v) is 6.50. The van der Waals surface area contributed by atoms with Gasteiger partial charge in [0.2, 0.25) is 5.91 Å². The Morgan fingerprint density at radius 2 is 2.26 bits per heavy atom. The highest BCUT2D eigenvalue weighted by Gasteiger charge is 2.30. The number of likely N-dealkylation sites (N-methyl/N-ethyl adjacent to an activating group) is 1. The number of thiophene rings is 1. The molecule has 0 spiro atoms. The van der Waals surface area contributed by atoms with E-state index in [1.165, 1.54) is 6.07 Å². The first-order valence-electron chi connectivity index (χ1n) is 5.62. The Labute approximate surface area is 113 Å². The standard InChI is InChI=1S/C11H13N3O4S/c1-14-4-2-7(9(14)15)12-11(18)13-8-6(10(16)17)3-5-19-8/h3,5,7H,2,4H2,1H3,(H,16,17)(H2,12,13,18). The normalized spacial score (nSPS) is 18.5. The second kappa shape index (κ2) is 5.27. The fourth-order valence-corrected chi connectivity index (χ4v) is 2.60. The van der Waals surface area contributed by atoms with Gasteiger partial charge in [-0.1, -0.05) is 0 Å². The molecule has 0 aromatic carbocycles.